The number of rotatable bonds is 31. The smallest absolute Gasteiger partial charge is 0.311 e. The molecule has 144 heavy (non-hydrogen) atoms. The van der Waals surface area contributed by atoms with Gasteiger partial charge >= 0.3 is 17.1 Å². The Morgan fingerprint density at radius 1 is 0.264 bits per heavy atom. The van der Waals surface area contributed by atoms with Crippen molar-refractivity contribution >= 4 is 98.7 Å². The van der Waals surface area contributed by atoms with Gasteiger partial charge in [0.05, 0.1) is 61.7 Å². The van der Waals surface area contributed by atoms with E-state index in [1.807, 2.05) is 30.3 Å². The van der Waals surface area contributed by atoms with Gasteiger partial charge in [0.2, 0.25) is 16.6 Å². The van der Waals surface area contributed by atoms with Crippen molar-refractivity contribution in [1.82, 2.24) is 29.5 Å². The van der Waals surface area contributed by atoms with E-state index < -0.39 is 72.3 Å². The van der Waals surface area contributed by atoms with Gasteiger partial charge in [0.15, 0.2) is 16.6 Å². The normalized spacial score (nSPS) is 12.9. The largest absolute Gasteiger partial charge is 0.437 e. The van der Waals surface area contributed by atoms with Crippen molar-refractivity contribution in [1.29, 1.82) is 0 Å². The summed E-state index contributed by atoms with van der Waals surface area (Å²) in [6.07, 6.45) is 0. The quantitative estimate of drug-likeness (QED) is 0.0413. The van der Waals surface area contributed by atoms with Crippen molar-refractivity contribution in [2.75, 3.05) is 0 Å². The Morgan fingerprint density at radius 2 is 0.549 bits per heavy atom. The molecule has 17 aromatic rings. The molecule has 0 bridgehead atoms. The summed E-state index contributed by atoms with van der Waals surface area (Å²) >= 11 is 0. The van der Waals surface area contributed by atoms with Gasteiger partial charge in [-0.25, -0.2) is 24.9 Å². The monoisotopic (exact) mass is 2290 g/mol. The van der Waals surface area contributed by atoms with Gasteiger partial charge in [-0.2, -0.15) is 0 Å². The molecular weight excluding hydrogens is 2160 g/mol. The fraction of sp³-hybridized carbons (Fsp3) is 0.221. The molecule has 0 saturated heterocycles. The number of aromatic nitrogens is 6. The van der Waals surface area contributed by atoms with Crippen LogP contribution in [0.1, 0.15) is 50.1 Å². The molecule has 0 fully saturated rings. The number of H-pyrrole nitrogens is 2. The molecule has 22 heteroatoms. The van der Waals surface area contributed by atoms with E-state index in [0.717, 1.165) is 148 Å². The van der Waals surface area contributed by atoms with Crippen LogP contribution in [-0.4, -0.2) is 107 Å². The zero-order valence-corrected chi connectivity index (χ0v) is 101. The van der Waals surface area contributed by atoms with Crippen LogP contribution in [0.5, 0.6) is 0 Å². The second-order valence-electron chi connectivity index (χ2n) is 42.7. The summed E-state index contributed by atoms with van der Waals surface area (Å²) in [6.45, 7) is 50.8. The van der Waals surface area contributed by atoms with E-state index in [1.165, 1.54) is 60.2 Å². The third kappa shape index (κ3) is 26.6. The van der Waals surface area contributed by atoms with Crippen molar-refractivity contribution in [3.8, 4) is 102 Å². The first-order valence-corrected chi connectivity index (χ1v) is 74.1. The third-order valence-corrected chi connectivity index (χ3v) is 57.4. The van der Waals surface area contributed by atoms with Gasteiger partial charge in [-0.1, -0.05) is 458 Å². The Labute approximate surface area is 900 Å². The summed E-state index contributed by atoms with van der Waals surface area (Å²) in [6, 6.07) is 138. The van der Waals surface area contributed by atoms with Gasteiger partial charge in [0.1, 0.15) is 17.5 Å². The standard InChI is InChI=1S/C61H68N4O2Si4.C39H52N2O2Si4.C22H18N2.U.V/c1-45-32-36-53(37-33-45)61(63-56(48-24-16-12-17-25-48)57(64-61)49-26-18-13-19-27-49)65-59(51-30-22-15-23-31-51)58(50-28-20-14-21-29-50)62-60(65)52-34-38-54(39-35-52)68(4,5)40-41-69(6,7)66-71(10,11)67-70(8,9)55-43-46(2)42-47(3)44-55;1-30-27-31(2)29-36(28-30)46(7,8)43-47(9,10)42-45(5,6)26-25-44(3,4)35-23-21-34(22-24-35)39-40-37(32-17-13-11-14-18-32)38(41-39)33-19-15-12-16-20-33;1-16-12-14-19(15-13-16)22-23-20(17-8-4-2-5-9-17)21(24-22)18-10-6-3-7-11-18;;/h12-39,42-44H,40-41H2,1-11H3;11-24,27-29H,25-26H2,1-10H3,(H,40,41);2-15H,1H3,(H,23,24);;. The van der Waals surface area contributed by atoms with E-state index in [0.29, 0.717) is 0 Å². The maximum Gasteiger partial charge on any atom is 0.311 e. The number of aryl methyl sites for hydroxylation is 6. The van der Waals surface area contributed by atoms with E-state index in [9.17, 15) is 0 Å². The fourth-order valence-electron chi connectivity index (χ4n) is 19.8. The molecule has 0 aliphatic carbocycles. The molecule has 1 aliphatic heterocycles. The van der Waals surface area contributed by atoms with Gasteiger partial charge < -0.3 is 26.4 Å². The van der Waals surface area contributed by atoms with Crippen molar-refractivity contribution in [3.63, 3.8) is 0 Å². The predicted octanol–water partition coefficient (Wildman–Crippen LogP) is 30.1. The van der Waals surface area contributed by atoms with Crippen LogP contribution in [0.3, 0.4) is 0 Å². The SMILES string of the molecule is Cc1cc(C)cc([Si](C)(C)O[Si](C)(C)O[Si](C)(C)CC[Si](C)(C)c2ccc(-c3nc(-c4ccccc4)c(-c4ccccc4)[nH]3)cc2)c1.Cc1ccc(-c2nc(-c3ccccc3)c(-c3ccccc3)[nH]2)cc1.Cc1ccc(C2(n3c(-c4ccc([Si](C)(C)CC[Si](C)(C)O[Si](C)(C)O[Si](C)(C)c5cc(C)cc(C)c5)cc4)nc(-c4ccccc4)c3-c3ccccc3)N=C(c3ccccc3)C(c3ccccc3)=N2)cc1.[U].[V]. The number of nitrogens with one attached hydrogen (secondary N) is 2. The van der Waals surface area contributed by atoms with Gasteiger partial charge in [-0.15, -0.1) is 0 Å². The number of imidazole rings is 3. The molecule has 12 nitrogen and oxygen atoms in total. The van der Waals surface area contributed by atoms with E-state index >= 15 is 0 Å². The van der Waals surface area contributed by atoms with Crippen molar-refractivity contribution < 1.29 is 66.1 Å². The molecule has 3 aromatic heterocycles. The molecule has 0 amide bonds. The van der Waals surface area contributed by atoms with Crippen LogP contribution in [0.2, 0.25) is 129 Å². The molecule has 14 aromatic carbocycles. The Morgan fingerprint density at radius 3 is 0.882 bits per heavy atom. The molecule has 1 aliphatic rings. The number of benzene rings is 14. The minimum Gasteiger partial charge on any atom is -0.437 e. The summed E-state index contributed by atoms with van der Waals surface area (Å²) in [5.41, 5.74) is 27.9. The Balaban J connectivity index is 0.000000192. The molecule has 2 N–H and O–H groups in total. The topological polar surface area (TPSA) is 137 Å². The first-order valence-electron chi connectivity index (χ1n) is 50.0. The Hall–Kier alpha value is -10.7. The first-order chi connectivity index (χ1) is 67.7. The van der Waals surface area contributed by atoms with Crippen LogP contribution >= 0.6 is 0 Å². The molecule has 0 atom stereocenters. The van der Waals surface area contributed by atoms with Crippen LogP contribution in [0.4, 0.5) is 0 Å². The maximum absolute atomic E-state index is 7.20. The second kappa shape index (κ2) is 46.1. The number of aromatic amines is 2. The minimum atomic E-state index is -2.45. The number of nitrogens with zero attached hydrogens (tertiary/aromatic N) is 6. The molecule has 4 heterocycles. The molecule has 18 rings (SSSR count). The minimum absolute atomic E-state index is 0. The van der Waals surface area contributed by atoms with Crippen LogP contribution in [0.25, 0.3) is 102 Å². The van der Waals surface area contributed by atoms with Crippen LogP contribution in [0.15, 0.2) is 386 Å². The number of hydrogen-bond donors (Lipinski definition) is 2. The summed E-state index contributed by atoms with van der Waals surface area (Å²) in [5.74, 6) is 1.32. The van der Waals surface area contributed by atoms with Gasteiger partial charge in [0, 0.05) is 116 Å². The third-order valence-electron chi connectivity index (χ3n) is 27.0. The van der Waals surface area contributed by atoms with Crippen LogP contribution in [0, 0.1) is 72.7 Å². The van der Waals surface area contributed by atoms with Gasteiger partial charge in [-0.05, 0) is 143 Å². The molecular formula is C122H138N8O4Si8UV. The zero-order chi connectivity index (χ0) is 101. The fourth-order valence-corrected chi connectivity index (χ4v) is 58.0. The molecule has 731 valence electrons. The number of hydrogen-bond acceptors (Lipinski definition) is 9. The van der Waals surface area contributed by atoms with E-state index in [4.69, 9.17) is 41.4 Å². The van der Waals surface area contributed by atoms with Crippen molar-refractivity contribution in [2.24, 2.45) is 9.98 Å². The molecule has 0 unspecified atom stereocenters. The number of aliphatic imine (C=N–C) groups is 2. The summed E-state index contributed by atoms with van der Waals surface area (Å²) in [7, 11) is -16.8. The summed E-state index contributed by atoms with van der Waals surface area (Å²) in [4.78, 5) is 34.7. The Bertz CT molecular complexity index is 7030. The van der Waals surface area contributed by atoms with E-state index in [-0.39, 0.29) is 49.7 Å². The zero-order valence-electron chi connectivity index (χ0n) is 87.9. The molecule has 1 radical (unpaired) electrons. The van der Waals surface area contributed by atoms with Crippen LogP contribution < -0.4 is 20.7 Å². The van der Waals surface area contributed by atoms with Crippen molar-refractivity contribution in [2.45, 2.75) is 176 Å². The first kappa shape index (κ1) is 109. The molecule has 0 saturated carbocycles. The maximum atomic E-state index is 7.20. The van der Waals surface area contributed by atoms with Crippen molar-refractivity contribution in [3.05, 3.63) is 426 Å². The second-order valence-corrected chi connectivity index (χ2v) is 76.5. The summed E-state index contributed by atoms with van der Waals surface area (Å²) < 4.78 is 30.7. The average Bonchev–Trinajstić information content (AvgIpc) is 1.54. The van der Waals surface area contributed by atoms with E-state index in [2.05, 4.69) is 507 Å². The Kier molecular flexibility index (Phi) is 34.9. The van der Waals surface area contributed by atoms with Gasteiger partial charge in [0.25, 0.3) is 5.79 Å². The molecule has 0 spiro atoms. The van der Waals surface area contributed by atoms with Gasteiger partial charge in [-0.3, -0.25) is 4.57 Å². The summed E-state index contributed by atoms with van der Waals surface area (Å²) in [5, 5.41) is 5.58. The predicted molar refractivity (Wildman–Crippen MR) is 621 cm³/mol. The van der Waals surface area contributed by atoms with E-state index in [1.54, 1.807) is 0 Å². The average molecular weight is 2290 g/mol. The van der Waals surface area contributed by atoms with Crippen LogP contribution in [-0.2, 0) is 40.8 Å².